The molecule has 0 aliphatic carbocycles. The summed E-state index contributed by atoms with van der Waals surface area (Å²) in [5, 5.41) is 2.15. The summed E-state index contributed by atoms with van der Waals surface area (Å²) < 4.78 is 10.6. The molecule has 3 atom stereocenters. The molecule has 122 valence electrons. The molecule has 0 aliphatic rings. The maximum atomic E-state index is 6.47. The van der Waals surface area contributed by atoms with Crippen LogP contribution in [0.3, 0.4) is 0 Å². The topological polar surface area (TPSA) is 47.7 Å². The van der Waals surface area contributed by atoms with Crippen molar-refractivity contribution in [3.63, 3.8) is 0 Å². The van der Waals surface area contributed by atoms with Crippen LogP contribution in [0.25, 0.3) is 0 Å². The third-order valence-electron chi connectivity index (χ3n) is 3.93. The summed E-state index contributed by atoms with van der Waals surface area (Å²) >= 11 is 1.80. The number of hydrogen-bond donors (Lipinski definition) is 1. The molecule has 0 radical (unpaired) electrons. The van der Waals surface area contributed by atoms with E-state index in [1.54, 1.807) is 25.6 Å². The second kappa shape index (κ2) is 9.54. The molecule has 4 nitrogen and oxygen atoms in total. The molecule has 1 aromatic rings. The largest absolute Gasteiger partial charge is 0.383 e. The van der Waals surface area contributed by atoms with Gasteiger partial charge in [-0.3, -0.25) is 4.90 Å². The SMILES string of the molecule is CCC(N)C(c1sccc1C)N(CCOC)C(C)COC. The molecule has 3 unspecified atom stereocenters. The molecule has 0 bridgehead atoms. The van der Waals surface area contributed by atoms with Crippen molar-refractivity contribution in [1.82, 2.24) is 4.90 Å². The quantitative estimate of drug-likeness (QED) is 0.721. The molecule has 1 aromatic heterocycles. The second-order valence-corrected chi connectivity index (χ2v) is 6.47. The molecule has 0 amide bonds. The Balaban J connectivity index is 3.07. The maximum absolute atomic E-state index is 6.47. The average molecular weight is 314 g/mol. The Kier molecular flexibility index (Phi) is 8.44. The molecule has 0 aromatic carbocycles. The first-order chi connectivity index (χ1) is 10.1. The van der Waals surface area contributed by atoms with E-state index in [0.717, 1.165) is 13.0 Å². The Hall–Kier alpha value is -0.460. The van der Waals surface area contributed by atoms with Crippen LogP contribution >= 0.6 is 11.3 Å². The highest BCUT2D eigenvalue weighted by atomic mass is 32.1. The molecule has 1 rings (SSSR count). The van der Waals surface area contributed by atoms with Crippen LogP contribution in [0.5, 0.6) is 0 Å². The van der Waals surface area contributed by atoms with E-state index in [1.807, 2.05) is 0 Å². The number of hydrogen-bond acceptors (Lipinski definition) is 5. The van der Waals surface area contributed by atoms with Gasteiger partial charge < -0.3 is 15.2 Å². The van der Waals surface area contributed by atoms with Crippen LogP contribution in [-0.2, 0) is 9.47 Å². The van der Waals surface area contributed by atoms with Gasteiger partial charge in [0.05, 0.1) is 19.3 Å². The van der Waals surface area contributed by atoms with E-state index in [-0.39, 0.29) is 12.1 Å². The Morgan fingerprint density at radius 1 is 1.33 bits per heavy atom. The van der Waals surface area contributed by atoms with Crippen molar-refractivity contribution >= 4 is 11.3 Å². The molecular formula is C16H30N2O2S. The third kappa shape index (κ3) is 5.04. The van der Waals surface area contributed by atoms with Gasteiger partial charge in [-0.05, 0) is 37.3 Å². The van der Waals surface area contributed by atoms with Gasteiger partial charge in [0.25, 0.3) is 0 Å². The highest BCUT2D eigenvalue weighted by Gasteiger charge is 2.30. The fourth-order valence-corrected chi connectivity index (χ4v) is 3.79. The molecule has 2 N–H and O–H groups in total. The van der Waals surface area contributed by atoms with Crippen LogP contribution in [0, 0.1) is 6.92 Å². The first-order valence-electron chi connectivity index (χ1n) is 7.59. The zero-order valence-corrected chi connectivity index (χ0v) is 14.8. The molecule has 0 saturated carbocycles. The number of thiophene rings is 1. The van der Waals surface area contributed by atoms with Gasteiger partial charge in [0, 0.05) is 37.7 Å². The molecule has 5 heteroatoms. The van der Waals surface area contributed by atoms with Crippen molar-refractivity contribution in [3.8, 4) is 0 Å². The van der Waals surface area contributed by atoms with Crippen molar-refractivity contribution in [1.29, 1.82) is 0 Å². The smallest absolute Gasteiger partial charge is 0.0615 e. The lowest BCUT2D eigenvalue weighted by Gasteiger charge is -2.39. The van der Waals surface area contributed by atoms with Gasteiger partial charge in [0.2, 0.25) is 0 Å². The van der Waals surface area contributed by atoms with E-state index in [9.17, 15) is 0 Å². The predicted octanol–water partition coefficient (Wildman–Crippen LogP) is 2.82. The summed E-state index contributed by atoms with van der Waals surface area (Å²) in [4.78, 5) is 3.79. The highest BCUT2D eigenvalue weighted by molar-refractivity contribution is 7.10. The molecule has 0 fully saturated rings. The van der Waals surface area contributed by atoms with E-state index in [1.165, 1.54) is 10.4 Å². The van der Waals surface area contributed by atoms with Gasteiger partial charge in [-0.1, -0.05) is 6.92 Å². The fraction of sp³-hybridized carbons (Fsp3) is 0.750. The lowest BCUT2D eigenvalue weighted by atomic mass is 9.99. The lowest BCUT2D eigenvalue weighted by molar-refractivity contribution is 0.0387. The molecule has 0 saturated heterocycles. The first kappa shape index (κ1) is 18.6. The number of nitrogens with two attached hydrogens (primary N) is 1. The Labute approximate surface area is 133 Å². The average Bonchev–Trinajstić information content (AvgIpc) is 2.88. The van der Waals surface area contributed by atoms with E-state index in [0.29, 0.717) is 19.3 Å². The van der Waals surface area contributed by atoms with Crippen LogP contribution in [0.15, 0.2) is 11.4 Å². The summed E-state index contributed by atoms with van der Waals surface area (Å²) in [6, 6.07) is 2.80. The minimum Gasteiger partial charge on any atom is -0.383 e. The van der Waals surface area contributed by atoms with Crippen molar-refractivity contribution in [3.05, 3.63) is 21.9 Å². The zero-order valence-electron chi connectivity index (χ0n) is 14.0. The lowest BCUT2D eigenvalue weighted by Crippen LogP contribution is -2.47. The highest BCUT2D eigenvalue weighted by Crippen LogP contribution is 2.33. The summed E-state index contributed by atoms with van der Waals surface area (Å²) in [6.07, 6.45) is 0.950. The number of rotatable bonds is 10. The van der Waals surface area contributed by atoms with Gasteiger partial charge in [-0.2, -0.15) is 0 Å². The Morgan fingerprint density at radius 2 is 2.05 bits per heavy atom. The van der Waals surface area contributed by atoms with Crippen molar-refractivity contribution in [2.24, 2.45) is 5.73 Å². The second-order valence-electron chi connectivity index (χ2n) is 5.52. The minimum absolute atomic E-state index is 0.110. The van der Waals surface area contributed by atoms with Crippen LogP contribution < -0.4 is 5.73 Å². The molecule has 1 heterocycles. The van der Waals surface area contributed by atoms with Gasteiger partial charge >= 0.3 is 0 Å². The van der Waals surface area contributed by atoms with Crippen LogP contribution in [-0.4, -0.2) is 51.0 Å². The Morgan fingerprint density at radius 3 is 2.52 bits per heavy atom. The normalized spacial score (nSPS) is 16.1. The van der Waals surface area contributed by atoms with Crippen molar-refractivity contribution in [2.45, 2.75) is 45.3 Å². The van der Waals surface area contributed by atoms with Gasteiger partial charge in [0.15, 0.2) is 0 Å². The minimum atomic E-state index is 0.110. The van der Waals surface area contributed by atoms with Gasteiger partial charge in [0.1, 0.15) is 0 Å². The standard InChI is InChI=1S/C16H30N2O2S/c1-6-14(17)15(16-12(2)7-10-21-16)18(8-9-19-4)13(3)11-20-5/h7,10,13-15H,6,8-9,11,17H2,1-5H3. The first-order valence-corrected chi connectivity index (χ1v) is 8.47. The van der Waals surface area contributed by atoms with Gasteiger partial charge in [-0.15, -0.1) is 11.3 Å². The third-order valence-corrected chi connectivity index (χ3v) is 5.02. The summed E-state index contributed by atoms with van der Waals surface area (Å²) in [5.74, 6) is 0. The van der Waals surface area contributed by atoms with E-state index in [2.05, 4.69) is 37.1 Å². The monoisotopic (exact) mass is 314 g/mol. The molecule has 0 spiro atoms. The summed E-state index contributed by atoms with van der Waals surface area (Å²) in [7, 11) is 3.49. The van der Waals surface area contributed by atoms with Crippen molar-refractivity contribution < 1.29 is 9.47 Å². The van der Waals surface area contributed by atoms with E-state index in [4.69, 9.17) is 15.2 Å². The van der Waals surface area contributed by atoms with E-state index < -0.39 is 0 Å². The van der Waals surface area contributed by atoms with Crippen LogP contribution in [0.4, 0.5) is 0 Å². The van der Waals surface area contributed by atoms with Crippen LogP contribution in [0.2, 0.25) is 0 Å². The molecule has 0 aliphatic heterocycles. The Bertz CT molecular complexity index is 397. The van der Waals surface area contributed by atoms with Crippen LogP contribution in [0.1, 0.15) is 36.8 Å². The summed E-state index contributed by atoms with van der Waals surface area (Å²) in [6.45, 7) is 8.76. The number of methoxy groups -OCH3 is 2. The van der Waals surface area contributed by atoms with Crippen molar-refractivity contribution in [2.75, 3.05) is 34.0 Å². The molecular weight excluding hydrogens is 284 g/mol. The number of ether oxygens (including phenoxy) is 2. The number of nitrogens with zero attached hydrogens (tertiary/aromatic N) is 1. The maximum Gasteiger partial charge on any atom is 0.0615 e. The van der Waals surface area contributed by atoms with Gasteiger partial charge in [-0.25, -0.2) is 0 Å². The molecule has 21 heavy (non-hydrogen) atoms. The fourth-order valence-electron chi connectivity index (χ4n) is 2.67. The van der Waals surface area contributed by atoms with E-state index >= 15 is 0 Å². The zero-order chi connectivity index (χ0) is 15.8. The predicted molar refractivity (Wildman–Crippen MR) is 90.0 cm³/mol. The number of aryl methyl sites for hydroxylation is 1. The summed E-state index contributed by atoms with van der Waals surface area (Å²) in [5.41, 5.74) is 7.79.